The van der Waals surface area contributed by atoms with E-state index in [4.69, 9.17) is 4.52 Å². The van der Waals surface area contributed by atoms with Crippen LogP contribution in [0.3, 0.4) is 0 Å². The van der Waals surface area contributed by atoms with Crippen LogP contribution in [0.15, 0.2) is 77.3 Å². The fourth-order valence-electron chi connectivity index (χ4n) is 3.05. The van der Waals surface area contributed by atoms with Crippen LogP contribution in [-0.2, 0) is 4.79 Å². The standard InChI is InChI=1S/C24H21N5O3/c1-15-8-9-18(14-21(15)25-16(2)30)23-28-22(29-32-23)17-10-12-20(13-11-17)27-24(31)26-19-6-4-3-5-7-19/h3-14H,1-2H3,(H,25,30)(H2,26,27,31). The number of para-hydroxylation sites is 1. The van der Waals surface area contributed by atoms with Gasteiger partial charge in [-0.3, -0.25) is 4.79 Å². The number of nitrogens with one attached hydrogen (secondary N) is 3. The van der Waals surface area contributed by atoms with E-state index >= 15 is 0 Å². The van der Waals surface area contributed by atoms with Gasteiger partial charge in [-0.05, 0) is 61.0 Å². The largest absolute Gasteiger partial charge is 0.334 e. The number of aryl methyl sites for hydroxylation is 1. The molecular formula is C24H21N5O3. The lowest BCUT2D eigenvalue weighted by molar-refractivity contribution is -0.114. The summed E-state index contributed by atoms with van der Waals surface area (Å²) in [6.07, 6.45) is 0. The van der Waals surface area contributed by atoms with Gasteiger partial charge in [0.1, 0.15) is 0 Å². The maximum atomic E-state index is 12.1. The van der Waals surface area contributed by atoms with Gasteiger partial charge >= 0.3 is 6.03 Å². The average molecular weight is 427 g/mol. The molecule has 1 aromatic heterocycles. The fourth-order valence-corrected chi connectivity index (χ4v) is 3.05. The van der Waals surface area contributed by atoms with Gasteiger partial charge in [0, 0.05) is 35.1 Å². The van der Waals surface area contributed by atoms with E-state index < -0.39 is 0 Å². The molecule has 4 rings (SSSR count). The molecule has 0 saturated carbocycles. The third-order valence-corrected chi connectivity index (χ3v) is 4.65. The van der Waals surface area contributed by atoms with E-state index in [2.05, 4.69) is 26.1 Å². The Morgan fingerprint density at radius 1 is 0.812 bits per heavy atom. The Hall–Kier alpha value is -4.46. The lowest BCUT2D eigenvalue weighted by Crippen LogP contribution is -2.19. The Kier molecular flexibility index (Phi) is 5.94. The summed E-state index contributed by atoms with van der Waals surface area (Å²) >= 11 is 0. The molecule has 0 saturated heterocycles. The smallest absolute Gasteiger partial charge is 0.323 e. The van der Waals surface area contributed by atoms with E-state index in [0.29, 0.717) is 34.3 Å². The first-order valence-corrected chi connectivity index (χ1v) is 9.94. The third-order valence-electron chi connectivity index (χ3n) is 4.65. The molecule has 3 N–H and O–H groups in total. The Bertz CT molecular complexity index is 1250. The zero-order valence-electron chi connectivity index (χ0n) is 17.5. The minimum atomic E-state index is -0.333. The van der Waals surface area contributed by atoms with Crippen LogP contribution in [0.5, 0.6) is 0 Å². The van der Waals surface area contributed by atoms with Crippen LogP contribution in [0.4, 0.5) is 21.9 Å². The molecular weight excluding hydrogens is 406 g/mol. The van der Waals surface area contributed by atoms with Crippen molar-refractivity contribution in [3.8, 4) is 22.8 Å². The van der Waals surface area contributed by atoms with Crippen molar-refractivity contribution in [1.29, 1.82) is 0 Å². The van der Waals surface area contributed by atoms with Crippen LogP contribution in [0.2, 0.25) is 0 Å². The van der Waals surface area contributed by atoms with Gasteiger partial charge in [-0.15, -0.1) is 0 Å². The molecule has 3 amide bonds. The SMILES string of the molecule is CC(=O)Nc1cc(-c2nc(-c3ccc(NC(=O)Nc4ccccc4)cc3)no2)ccc1C. The van der Waals surface area contributed by atoms with Gasteiger partial charge in [0.25, 0.3) is 5.89 Å². The molecule has 0 atom stereocenters. The molecule has 8 nitrogen and oxygen atoms in total. The summed E-state index contributed by atoms with van der Waals surface area (Å²) in [7, 11) is 0. The summed E-state index contributed by atoms with van der Waals surface area (Å²) in [5, 5.41) is 12.4. The minimum Gasteiger partial charge on any atom is -0.334 e. The van der Waals surface area contributed by atoms with Crippen LogP contribution in [0.1, 0.15) is 12.5 Å². The highest BCUT2D eigenvalue weighted by molar-refractivity contribution is 5.99. The van der Waals surface area contributed by atoms with Gasteiger partial charge in [0.2, 0.25) is 11.7 Å². The Morgan fingerprint density at radius 2 is 1.47 bits per heavy atom. The molecule has 0 unspecified atom stereocenters. The second kappa shape index (κ2) is 9.13. The highest BCUT2D eigenvalue weighted by atomic mass is 16.5. The van der Waals surface area contributed by atoms with Crippen molar-refractivity contribution < 1.29 is 14.1 Å². The number of carbonyl (C=O) groups excluding carboxylic acids is 2. The van der Waals surface area contributed by atoms with Crippen LogP contribution in [0, 0.1) is 6.92 Å². The minimum absolute atomic E-state index is 0.150. The van der Waals surface area contributed by atoms with Crippen molar-refractivity contribution in [3.63, 3.8) is 0 Å². The van der Waals surface area contributed by atoms with E-state index in [1.54, 1.807) is 30.3 Å². The number of hydrogen-bond donors (Lipinski definition) is 3. The number of benzene rings is 3. The molecule has 0 radical (unpaired) electrons. The fraction of sp³-hybridized carbons (Fsp3) is 0.0833. The molecule has 4 aromatic rings. The first-order valence-electron chi connectivity index (χ1n) is 9.94. The maximum Gasteiger partial charge on any atom is 0.323 e. The number of anilines is 3. The summed E-state index contributed by atoms with van der Waals surface area (Å²) in [5.74, 6) is 0.612. The molecule has 32 heavy (non-hydrogen) atoms. The second-order valence-electron chi connectivity index (χ2n) is 7.16. The number of nitrogens with zero attached hydrogens (tertiary/aromatic N) is 2. The van der Waals surface area contributed by atoms with E-state index in [-0.39, 0.29) is 11.9 Å². The van der Waals surface area contributed by atoms with Crippen molar-refractivity contribution in [2.45, 2.75) is 13.8 Å². The summed E-state index contributed by atoms with van der Waals surface area (Å²) in [6.45, 7) is 3.37. The molecule has 160 valence electrons. The predicted octanol–water partition coefficient (Wildman–Crippen LogP) is 5.31. The van der Waals surface area contributed by atoms with Crippen molar-refractivity contribution in [2.24, 2.45) is 0 Å². The van der Waals surface area contributed by atoms with Gasteiger partial charge in [0.15, 0.2) is 0 Å². The Balaban J connectivity index is 1.45. The van der Waals surface area contributed by atoms with Gasteiger partial charge in [-0.2, -0.15) is 4.98 Å². The summed E-state index contributed by atoms with van der Waals surface area (Å²) < 4.78 is 5.41. The van der Waals surface area contributed by atoms with Crippen LogP contribution in [0.25, 0.3) is 22.8 Å². The molecule has 0 bridgehead atoms. The third kappa shape index (κ3) is 4.99. The Labute approximate surface area is 184 Å². The molecule has 0 spiro atoms. The number of aromatic nitrogens is 2. The van der Waals surface area contributed by atoms with Crippen molar-refractivity contribution in [1.82, 2.24) is 10.1 Å². The predicted molar refractivity (Wildman–Crippen MR) is 123 cm³/mol. The Morgan fingerprint density at radius 3 is 2.16 bits per heavy atom. The highest BCUT2D eigenvalue weighted by Crippen LogP contribution is 2.27. The number of urea groups is 1. The molecule has 8 heteroatoms. The normalized spacial score (nSPS) is 10.4. The highest BCUT2D eigenvalue weighted by Gasteiger charge is 2.13. The molecule has 3 aromatic carbocycles. The second-order valence-corrected chi connectivity index (χ2v) is 7.16. The van der Waals surface area contributed by atoms with Crippen molar-refractivity contribution in [2.75, 3.05) is 16.0 Å². The number of amides is 3. The average Bonchev–Trinajstić information content (AvgIpc) is 3.26. The summed E-state index contributed by atoms with van der Waals surface area (Å²) in [4.78, 5) is 28.0. The van der Waals surface area contributed by atoms with Crippen LogP contribution in [-0.4, -0.2) is 22.1 Å². The van der Waals surface area contributed by atoms with Crippen LogP contribution >= 0.6 is 0 Å². The number of rotatable bonds is 5. The number of hydrogen-bond acceptors (Lipinski definition) is 5. The van der Waals surface area contributed by atoms with Crippen molar-refractivity contribution >= 4 is 29.0 Å². The van der Waals surface area contributed by atoms with E-state index in [1.807, 2.05) is 49.4 Å². The lowest BCUT2D eigenvalue weighted by Gasteiger charge is -2.07. The molecule has 0 aliphatic heterocycles. The zero-order valence-corrected chi connectivity index (χ0v) is 17.5. The van der Waals surface area contributed by atoms with E-state index in [9.17, 15) is 9.59 Å². The first kappa shape index (κ1) is 20.8. The van der Waals surface area contributed by atoms with Crippen LogP contribution < -0.4 is 16.0 Å². The van der Waals surface area contributed by atoms with Gasteiger partial charge in [-0.1, -0.05) is 29.4 Å². The summed E-state index contributed by atoms with van der Waals surface area (Å²) in [6, 6.07) is 21.5. The first-order chi connectivity index (χ1) is 15.5. The van der Waals surface area contributed by atoms with Gasteiger partial charge in [-0.25, -0.2) is 4.79 Å². The zero-order chi connectivity index (χ0) is 22.5. The summed E-state index contributed by atoms with van der Waals surface area (Å²) in [5.41, 5.74) is 4.40. The lowest BCUT2D eigenvalue weighted by atomic mass is 10.1. The maximum absolute atomic E-state index is 12.1. The molecule has 1 heterocycles. The van der Waals surface area contributed by atoms with E-state index in [1.165, 1.54) is 6.92 Å². The van der Waals surface area contributed by atoms with Gasteiger partial charge < -0.3 is 20.5 Å². The van der Waals surface area contributed by atoms with Crippen molar-refractivity contribution in [3.05, 3.63) is 78.4 Å². The molecule has 0 fully saturated rings. The van der Waals surface area contributed by atoms with Gasteiger partial charge in [0.05, 0.1) is 0 Å². The number of carbonyl (C=O) groups is 2. The monoisotopic (exact) mass is 427 g/mol. The molecule has 0 aliphatic carbocycles. The topological polar surface area (TPSA) is 109 Å². The van der Waals surface area contributed by atoms with E-state index in [0.717, 1.165) is 11.1 Å². The quantitative estimate of drug-likeness (QED) is 0.400. The molecule has 0 aliphatic rings.